The van der Waals surface area contributed by atoms with E-state index in [-0.39, 0.29) is 22.5 Å². The van der Waals surface area contributed by atoms with E-state index in [1.54, 1.807) is 23.1 Å². The zero-order valence-corrected chi connectivity index (χ0v) is 21.4. The molecule has 0 radical (unpaired) electrons. The van der Waals surface area contributed by atoms with Gasteiger partial charge in [-0.1, -0.05) is 29.8 Å². The average molecular weight is 506 g/mol. The van der Waals surface area contributed by atoms with Crippen LogP contribution in [0, 0.1) is 12.8 Å². The fourth-order valence-electron chi connectivity index (χ4n) is 4.57. The topological polar surface area (TPSA) is 95.1 Å². The molecule has 2 aliphatic heterocycles. The fraction of sp³-hybridized carbons (Fsp3) is 0.458. The highest BCUT2D eigenvalue weighted by molar-refractivity contribution is 7.89. The molecule has 4 rings (SSSR count). The maximum Gasteiger partial charge on any atom is 0.242 e. The third-order valence-corrected chi connectivity index (χ3v) is 10.3. The smallest absolute Gasteiger partial charge is 0.242 e. The maximum absolute atomic E-state index is 13.3. The molecule has 1 fully saturated rings. The van der Waals surface area contributed by atoms with Crippen molar-refractivity contribution < 1.29 is 21.6 Å². The molecule has 184 valence electrons. The molecule has 0 N–H and O–H groups in total. The normalized spacial score (nSPS) is 17.8. The van der Waals surface area contributed by atoms with Crippen molar-refractivity contribution in [2.45, 2.75) is 36.8 Å². The zero-order chi connectivity index (χ0) is 24.7. The first-order valence-corrected chi connectivity index (χ1v) is 14.4. The Morgan fingerprint density at radius 2 is 1.62 bits per heavy atom. The highest BCUT2D eigenvalue weighted by Crippen LogP contribution is 2.33. The predicted molar refractivity (Wildman–Crippen MR) is 131 cm³/mol. The molecule has 0 saturated carbocycles. The third kappa shape index (κ3) is 4.91. The predicted octanol–water partition coefficient (Wildman–Crippen LogP) is 2.38. The van der Waals surface area contributed by atoms with E-state index < -0.39 is 20.0 Å². The van der Waals surface area contributed by atoms with Gasteiger partial charge in [0.1, 0.15) is 0 Å². The molecule has 1 amide bonds. The van der Waals surface area contributed by atoms with Gasteiger partial charge in [0.05, 0.1) is 10.6 Å². The molecule has 34 heavy (non-hydrogen) atoms. The Bertz CT molecular complexity index is 1280. The molecule has 0 spiro atoms. The Kier molecular flexibility index (Phi) is 6.87. The molecule has 1 saturated heterocycles. The van der Waals surface area contributed by atoms with E-state index >= 15 is 0 Å². The Labute approximate surface area is 202 Å². The number of anilines is 1. The van der Waals surface area contributed by atoms with E-state index in [1.807, 2.05) is 31.2 Å². The summed E-state index contributed by atoms with van der Waals surface area (Å²) < 4.78 is 53.3. The molecule has 2 aliphatic rings. The number of aryl methyl sites for hydroxylation is 1. The van der Waals surface area contributed by atoms with Gasteiger partial charge in [0.25, 0.3) is 0 Å². The van der Waals surface area contributed by atoms with Gasteiger partial charge in [-0.05, 0) is 55.5 Å². The summed E-state index contributed by atoms with van der Waals surface area (Å²) in [4.78, 5) is 15.2. The summed E-state index contributed by atoms with van der Waals surface area (Å²) in [5.41, 5.74) is 3.43. The second kappa shape index (κ2) is 9.41. The van der Waals surface area contributed by atoms with Crippen LogP contribution in [0.15, 0.2) is 47.4 Å². The molecule has 2 heterocycles. The van der Waals surface area contributed by atoms with Crippen LogP contribution in [0.2, 0.25) is 0 Å². The quantitative estimate of drug-likeness (QED) is 0.601. The van der Waals surface area contributed by atoms with Crippen molar-refractivity contribution in [2.24, 2.45) is 5.92 Å². The minimum Gasteiger partial charge on any atom is -0.312 e. The summed E-state index contributed by atoms with van der Waals surface area (Å²) >= 11 is 0. The Morgan fingerprint density at radius 1 is 0.971 bits per heavy atom. The van der Waals surface area contributed by atoms with Crippen molar-refractivity contribution in [1.29, 1.82) is 0 Å². The van der Waals surface area contributed by atoms with E-state index in [0.717, 1.165) is 22.4 Å². The number of hydrogen-bond donors (Lipinski definition) is 0. The molecule has 0 bridgehead atoms. The number of amides is 1. The number of nitrogens with zero attached hydrogens (tertiary/aromatic N) is 3. The van der Waals surface area contributed by atoms with Gasteiger partial charge in [-0.15, -0.1) is 0 Å². The van der Waals surface area contributed by atoms with Crippen molar-refractivity contribution >= 4 is 31.6 Å². The zero-order valence-electron chi connectivity index (χ0n) is 19.8. The second-order valence-corrected chi connectivity index (χ2v) is 13.4. The Morgan fingerprint density at radius 3 is 2.24 bits per heavy atom. The van der Waals surface area contributed by atoms with Gasteiger partial charge in [-0.2, -0.15) is 0 Å². The molecular weight excluding hydrogens is 474 g/mol. The summed E-state index contributed by atoms with van der Waals surface area (Å²) in [6, 6.07) is 12.4. The fourth-order valence-corrected chi connectivity index (χ4v) is 7.08. The van der Waals surface area contributed by atoms with Gasteiger partial charge in [0.15, 0.2) is 0 Å². The van der Waals surface area contributed by atoms with Gasteiger partial charge in [-0.3, -0.25) is 4.79 Å². The molecule has 2 aromatic carbocycles. The van der Waals surface area contributed by atoms with E-state index in [1.165, 1.54) is 22.7 Å². The van der Waals surface area contributed by atoms with Gasteiger partial charge in [0.2, 0.25) is 26.0 Å². The van der Waals surface area contributed by atoms with Crippen molar-refractivity contribution in [3.8, 4) is 0 Å². The molecule has 0 atom stereocenters. The van der Waals surface area contributed by atoms with Crippen LogP contribution in [0.5, 0.6) is 0 Å². The first-order chi connectivity index (χ1) is 16.0. The van der Waals surface area contributed by atoms with E-state index in [9.17, 15) is 21.6 Å². The van der Waals surface area contributed by atoms with Crippen LogP contribution in [-0.2, 0) is 37.0 Å². The van der Waals surface area contributed by atoms with Crippen molar-refractivity contribution in [2.75, 3.05) is 38.6 Å². The van der Waals surface area contributed by atoms with Gasteiger partial charge < -0.3 is 4.90 Å². The number of carbonyl (C=O) groups excluding carboxylic acids is 1. The summed E-state index contributed by atoms with van der Waals surface area (Å²) in [5, 5.41) is 0. The number of benzene rings is 2. The molecule has 0 unspecified atom stereocenters. The summed E-state index contributed by atoms with van der Waals surface area (Å²) in [6.45, 7) is 3.12. The first-order valence-electron chi connectivity index (χ1n) is 11.4. The summed E-state index contributed by atoms with van der Waals surface area (Å²) in [6.07, 6.45) is 1.55. The summed E-state index contributed by atoms with van der Waals surface area (Å²) in [5.74, 6) is -0.302. The van der Waals surface area contributed by atoms with Crippen LogP contribution < -0.4 is 4.90 Å². The molecule has 0 aliphatic carbocycles. The lowest BCUT2D eigenvalue weighted by Gasteiger charge is -2.32. The number of rotatable bonds is 6. The van der Waals surface area contributed by atoms with Crippen LogP contribution >= 0.6 is 0 Å². The number of hydrogen-bond acceptors (Lipinski definition) is 5. The molecule has 10 heteroatoms. The monoisotopic (exact) mass is 505 g/mol. The van der Waals surface area contributed by atoms with E-state index in [0.29, 0.717) is 38.9 Å². The van der Waals surface area contributed by atoms with Crippen LogP contribution in [-0.4, -0.2) is 65.1 Å². The highest BCUT2D eigenvalue weighted by atomic mass is 32.2. The third-order valence-electron chi connectivity index (χ3n) is 6.66. The number of piperidine rings is 1. The van der Waals surface area contributed by atoms with Crippen molar-refractivity contribution in [3.63, 3.8) is 0 Å². The van der Waals surface area contributed by atoms with Crippen molar-refractivity contribution in [3.05, 3.63) is 59.2 Å². The second-order valence-electron chi connectivity index (χ2n) is 9.23. The Balaban J connectivity index is 1.40. The van der Waals surface area contributed by atoms with Gasteiger partial charge in [-0.25, -0.2) is 25.4 Å². The minimum atomic E-state index is -3.53. The van der Waals surface area contributed by atoms with Crippen molar-refractivity contribution in [1.82, 2.24) is 8.61 Å². The van der Waals surface area contributed by atoms with Crippen LogP contribution in [0.25, 0.3) is 0 Å². The molecule has 0 aromatic heterocycles. The standard InChI is InChI=1S/C24H31N3O5S2/c1-18-4-6-19(7-5-18)17-33(29,30)26-13-10-20(11-14-26)24(28)27-15-12-21-16-22(8-9-23(21)27)34(31,32)25(2)3/h4-9,16,20H,10-15,17H2,1-3H3. The molecule has 2 aromatic rings. The minimum absolute atomic E-state index is 0.0162. The number of sulfonamides is 2. The molecule has 8 nitrogen and oxygen atoms in total. The maximum atomic E-state index is 13.3. The first kappa shape index (κ1) is 24.8. The lowest BCUT2D eigenvalue weighted by atomic mass is 9.96. The van der Waals surface area contributed by atoms with Gasteiger partial charge >= 0.3 is 0 Å². The SMILES string of the molecule is Cc1ccc(CS(=O)(=O)N2CCC(C(=O)N3CCc4cc(S(=O)(=O)N(C)C)ccc43)CC2)cc1. The lowest BCUT2D eigenvalue weighted by Crippen LogP contribution is -2.44. The van der Waals surface area contributed by atoms with E-state index in [4.69, 9.17) is 0 Å². The van der Waals surface area contributed by atoms with Crippen LogP contribution in [0.1, 0.15) is 29.5 Å². The van der Waals surface area contributed by atoms with Gasteiger partial charge in [0, 0.05) is 45.3 Å². The largest absolute Gasteiger partial charge is 0.312 e. The number of carbonyl (C=O) groups is 1. The average Bonchev–Trinajstić information content (AvgIpc) is 3.23. The van der Waals surface area contributed by atoms with Crippen LogP contribution in [0.3, 0.4) is 0 Å². The Hall–Kier alpha value is -2.27. The summed E-state index contributed by atoms with van der Waals surface area (Å²) in [7, 11) is -3.99. The molecular formula is C24H31N3O5S2. The highest BCUT2D eigenvalue weighted by Gasteiger charge is 2.35. The van der Waals surface area contributed by atoms with Crippen LogP contribution in [0.4, 0.5) is 5.69 Å². The number of fused-ring (bicyclic) bond motifs is 1. The van der Waals surface area contributed by atoms with E-state index in [2.05, 4.69) is 0 Å². The lowest BCUT2D eigenvalue weighted by molar-refractivity contribution is -0.123.